The lowest BCUT2D eigenvalue weighted by molar-refractivity contribution is 0.0733. The van der Waals surface area contributed by atoms with Crippen LogP contribution in [-0.4, -0.2) is 48.6 Å². The Kier molecular flexibility index (Phi) is 5.99. The van der Waals surface area contributed by atoms with E-state index in [1.54, 1.807) is 12.1 Å². The average Bonchev–Trinajstić information content (AvgIpc) is 2.51. The fourth-order valence-electron chi connectivity index (χ4n) is 2.99. The summed E-state index contributed by atoms with van der Waals surface area (Å²) in [5, 5.41) is 0.558. The Labute approximate surface area is 131 Å². The monoisotopic (exact) mass is 313 g/mol. The molecule has 2 rings (SSSR count). The third-order valence-corrected chi connectivity index (χ3v) is 4.78. The second-order valence-corrected chi connectivity index (χ2v) is 6.18. The lowest BCUT2D eigenvalue weighted by Crippen LogP contribution is -2.51. The molecule has 21 heavy (non-hydrogen) atoms. The molecule has 1 heterocycles. The predicted molar refractivity (Wildman–Crippen MR) is 86.1 cm³/mol. The van der Waals surface area contributed by atoms with Crippen molar-refractivity contribution in [2.24, 2.45) is 5.73 Å². The van der Waals surface area contributed by atoms with Crippen molar-refractivity contribution < 1.29 is 4.39 Å². The molecule has 0 spiro atoms. The van der Waals surface area contributed by atoms with Crippen LogP contribution in [0.5, 0.6) is 0 Å². The average molecular weight is 314 g/mol. The van der Waals surface area contributed by atoms with E-state index < -0.39 is 0 Å². The van der Waals surface area contributed by atoms with Gasteiger partial charge in [0.05, 0.1) is 6.04 Å². The largest absolute Gasteiger partial charge is 0.329 e. The number of hydrogen-bond donors (Lipinski definition) is 1. The van der Waals surface area contributed by atoms with Crippen LogP contribution in [0.15, 0.2) is 18.2 Å². The van der Waals surface area contributed by atoms with Gasteiger partial charge in [0, 0.05) is 49.4 Å². The van der Waals surface area contributed by atoms with Crippen LogP contribution in [0.25, 0.3) is 0 Å². The van der Waals surface area contributed by atoms with E-state index in [4.69, 9.17) is 17.3 Å². The third kappa shape index (κ3) is 3.95. The van der Waals surface area contributed by atoms with Gasteiger partial charge in [-0.3, -0.25) is 9.80 Å². The maximum absolute atomic E-state index is 14.1. The Morgan fingerprint density at radius 2 is 1.86 bits per heavy atom. The smallest absolute Gasteiger partial charge is 0.128 e. The molecule has 118 valence electrons. The fourth-order valence-corrected chi connectivity index (χ4v) is 3.17. The number of halogens is 2. The summed E-state index contributed by atoms with van der Waals surface area (Å²) >= 11 is 6.01. The molecule has 1 fully saturated rings. The van der Waals surface area contributed by atoms with E-state index in [0.29, 0.717) is 23.2 Å². The summed E-state index contributed by atoms with van der Waals surface area (Å²) in [5.41, 5.74) is 6.52. The van der Waals surface area contributed by atoms with E-state index in [9.17, 15) is 4.39 Å². The molecule has 2 N–H and O–H groups in total. The highest BCUT2D eigenvalue weighted by molar-refractivity contribution is 6.30. The van der Waals surface area contributed by atoms with Crippen LogP contribution in [0.4, 0.5) is 4.39 Å². The van der Waals surface area contributed by atoms with Crippen molar-refractivity contribution in [1.29, 1.82) is 0 Å². The number of rotatable bonds is 5. The van der Waals surface area contributed by atoms with Crippen molar-refractivity contribution in [2.75, 3.05) is 32.7 Å². The number of hydrogen-bond acceptors (Lipinski definition) is 3. The minimum atomic E-state index is -0.223. The standard InChI is InChI=1S/C16H25ClFN3/c1-3-12(2)20-6-8-21(9-7-20)16(11-19)14-10-13(17)4-5-15(14)18/h4-5,10,12,16H,3,6-9,11,19H2,1-2H3. The molecule has 5 heteroatoms. The van der Waals surface area contributed by atoms with E-state index >= 15 is 0 Å². The summed E-state index contributed by atoms with van der Waals surface area (Å²) in [6.07, 6.45) is 1.16. The van der Waals surface area contributed by atoms with Crippen molar-refractivity contribution in [2.45, 2.75) is 32.4 Å². The molecule has 0 saturated carbocycles. The lowest BCUT2D eigenvalue weighted by atomic mass is 10.0. The minimum absolute atomic E-state index is 0.0946. The molecule has 1 aliphatic rings. The Balaban J connectivity index is 2.08. The van der Waals surface area contributed by atoms with Gasteiger partial charge in [-0.15, -0.1) is 0 Å². The zero-order valence-electron chi connectivity index (χ0n) is 12.9. The number of nitrogens with zero attached hydrogens (tertiary/aromatic N) is 2. The maximum atomic E-state index is 14.1. The highest BCUT2D eigenvalue weighted by atomic mass is 35.5. The van der Waals surface area contributed by atoms with Gasteiger partial charge in [0.1, 0.15) is 5.82 Å². The normalized spacial score (nSPS) is 20.4. The molecule has 1 aromatic rings. The molecule has 0 radical (unpaired) electrons. The van der Waals surface area contributed by atoms with Crippen molar-refractivity contribution >= 4 is 11.6 Å². The lowest BCUT2D eigenvalue weighted by Gasteiger charge is -2.41. The first-order chi connectivity index (χ1) is 10.1. The first-order valence-electron chi connectivity index (χ1n) is 7.70. The Morgan fingerprint density at radius 1 is 1.24 bits per heavy atom. The Hall–Kier alpha value is -0.680. The topological polar surface area (TPSA) is 32.5 Å². The summed E-state index contributed by atoms with van der Waals surface area (Å²) in [6.45, 7) is 8.71. The summed E-state index contributed by atoms with van der Waals surface area (Å²) < 4.78 is 14.1. The Morgan fingerprint density at radius 3 is 2.43 bits per heavy atom. The first-order valence-corrected chi connectivity index (χ1v) is 8.07. The molecular formula is C16H25ClFN3. The molecule has 0 amide bonds. The fraction of sp³-hybridized carbons (Fsp3) is 0.625. The van der Waals surface area contributed by atoms with Crippen LogP contribution in [0.2, 0.25) is 5.02 Å². The Bertz CT molecular complexity index is 461. The molecule has 1 saturated heterocycles. The molecule has 1 aromatic carbocycles. The quantitative estimate of drug-likeness (QED) is 0.907. The maximum Gasteiger partial charge on any atom is 0.128 e. The van der Waals surface area contributed by atoms with Crippen LogP contribution < -0.4 is 5.73 Å². The van der Waals surface area contributed by atoms with Gasteiger partial charge in [-0.25, -0.2) is 4.39 Å². The van der Waals surface area contributed by atoms with Gasteiger partial charge in [0.25, 0.3) is 0 Å². The van der Waals surface area contributed by atoms with E-state index in [1.165, 1.54) is 6.07 Å². The van der Waals surface area contributed by atoms with Crippen LogP contribution in [0.1, 0.15) is 31.9 Å². The zero-order chi connectivity index (χ0) is 15.4. The molecule has 0 aromatic heterocycles. The number of piperazine rings is 1. The SMILES string of the molecule is CCC(C)N1CCN(C(CN)c2cc(Cl)ccc2F)CC1. The van der Waals surface area contributed by atoms with E-state index in [0.717, 1.165) is 32.6 Å². The predicted octanol–water partition coefficient (Wildman–Crippen LogP) is 2.90. The van der Waals surface area contributed by atoms with E-state index in [2.05, 4.69) is 23.6 Å². The highest BCUT2D eigenvalue weighted by Gasteiger charge is 2.27. The van der Waals surface area contributed by atoms with Crippen molar-refractivity contribution in [3.8, 4) is 0 Å². The van der Waals surface area contributed by atoms with Crippen LogP contribution in [0.3, 0.4) is 0 Å². The molecule has 2 atom stereocenters. The number of nitrogens with two attached hydrogens (primary N) is 1. The zero-order valence-corrected chi connectivity index (χ0v) is 13.6. The summed E-state index contributed by atoms with van der Waals surface area (Å²) in [4.78, 5) is 4.76. The minimum Gasteiger partial charge on any atom is -0.329 e. The van der Waals surface area contributed by atoms with Crippen LogP contribution in [0, 0.1) is 5.82 Å². The summed E-state index contributed by atoms with van der Waals surface area (Å²) in [5.74, 6) is -0.223. The molecule has 1 aliphatic heterocycles. The molecule has 0 aliphatic carbocycles. The van der Waals surface area contributed by atoms with Gasteiger partial charge >= 0.3 is 0 Å². The third-order valence-electron chi connectivity index (χ3n) is 4.54. The number of benzene rings is 1. The molecule has 3 nitrogen and oxygen atoms in total. The second-order valence-electron chi connectivity index (χ2n) is 5.75. The van der Waals surface area contributed by atoms with E-state index in [1.807, 2.05) is 0 Å². The molecular weight excluding hydrogens is 289 g/mol. The second kappa shape index (κ2) is 7.54. The van der Waals surface area contributed by atoms with E-state index in [-0.39, 0.29) is 11.9 Å². The first kappa shape index (κ1) is 16.7. The van der Waals surface area contributed by atoms with Crippen molar-refractivity contribution in [3.05, 3.63) is 34.6 Å². The van der Waals surface area contributed by atoms with Crippen molar-refractivity contribution in [3.63, 3.8) is 0 Å². The molecule has 2 unspecified atom stereocenters. The van der Waals surface area contributed by atoms with Gasteiger partial charge < -0.3 is 5.73 Å². The van der Waals surface area contributed by atoms with Gasteiger partial charge in [-0.1, -0.05) is 18.5 Å². The van der Waals surface area contributed by atoms with Gasteiger partial charge in [-0.05, 0) is 31.5 Å². The van der Waals surface area contributed by atoms with Gasteiger partial charge in [0.15, 0.2) is 0 Å². The van der Waals surface area contributed by atoms with Gasteiger partial charge in [-0.2, -0.15) is 0 Å². The van der Waals surface area contributed by atoms with Crippen LogP contribution in [-0.2, 0) is 0 Å². The summed E-state index contributed by atoms with van der Waals surface area (Å²) in [7, 11) is 0. The summed E-state index contributed by atoms with van der Waals surface area (Å²) in [6, 6.07) is 5.22. The van der Waals surface area contributed by atoms with Crippen LogP contribution >= 0.6 is 11.6 Å². The highest BCUT2D eigenvalue weighted by Crippen LogP contribution is 2.26. The van der Waals surface area contributed by atoms with Crippen molar-refractivity contribution in [1.82, 2.24) is 9.80 Å². The van der Waals surface area contributed by atoms with Gasteiger partial charge in [0.2, 0.25) is 0 Å². The molecule has 0 bridgehead atoms.